The summed E-state index contributed by atoms with van der Waals surface area (Å²) >= 11 is 1.65. The van der Waals surface area contributed by atoms with Crippen molar-refractivity contribution in [3.63, 3.8) is 0 Å². The van der Waals surface area contributed by atoms with E-state index in [1.165, 1.54) is 0 Å². The highest BCUT2D eigenvalue weighted by Gasteiger charge is 2.37. The van der Waals surface area contributed by atoms with Crippen molar-refractivity contribution < 1.29 is 14.3 Å². The minimum absolute atomic E-state index is 0.0452. The molecule has 3 aromatic carbocycles. The van der Waals surface area contributed by atoms with Crippen molar-refractivity contribution in [2.75, 3.05) is 36.7 Å². The first-order valence-electron chi connectivity index (χ1n) is 13.5. The van der Waals surface area contributed by atoms with Crippen LogP contribution in [0.1, 0.15) is 37.1 Å². The summed E-state index contributed by atoms with van der Waals surface area (Å²) in [6.45, 7) is 2.51. The van der Waals surface area contributed by atoms with E-state index in [0.717, 1.165) is 46.1 Å². The number of hydrogen-bond donors (Lipinski definition) is 1. The van der Waals surface area contributed by atoms with Crippen LogP contribution in [-0.2, 0) is 4.79 Å². The molecule has 40 heavy (non-hydrogen) atoms. The van der Waals surface area contributed by atoms with Gasteiger partial charge < -0.3 is 19.5 Å². The molecule has 1 atom stereocenters. The quantitative estimate of drug-likeness (QED) is 0.227. The number of carbonyl (C=O) groups is 2. The fourth-order valence-electron chi connectivity index (χ4n) is 5.08. The normalized spacial score (nSPS) is 13.8. The number of benzene rings is 3. The van der Waals surface area contributed by atoms with E-state index in [9.17, 15) is 9.59 Å². The number of amides is 3. The number of nitrogens with one attached hydrogen (secondary N) is 1. The van der Waals surface area contributed by atoms with Crippen LogP contribution in [0.4, 0.5) is 16.2 Å². The highest BCUT2D eigenvalue weighted by atomic mass is 32.2. The fourth-order valence-corrected chi connectivity index (χ4v) is 5.49. The maximum Gasteiger partial charge on any atom is 0.322 e. The number of rotatable bonds is 9. The maximum absolute atomic E-state index is 14.3. The number of ether oxygens (including phenoxy) is 1. The van der Waals surface area contributed by atoms with E-state index in [4.69, 9.17) is 4.74 Å². The van der Waals surface area contributed by atoms with Gasteiger partial charge in [-0.3, -0.25) is 9.69 Å². The summed E-state index contributed by atoms with van der Waals surface area (Å²) in [5, 5.41) is 2.99. The van der Waals surface area contributed by atoms with Gasteiger partial charge in [0, 0.05) is 23.3 Å². The number of carbonyl (C=O) groups excluding carboxylic acids is 2. The molecular weight excluding hydrogens is 520 g/mol. The number of unbranched alkanes of at least 4 members (excludes halogenated alkanes) is 1. The third kappa shape index (κ3) is 5.58. The Labute approximate surface area is 239 Å². The van der Waals surface area contributed by atoms with Crippen LogP contribution in [0.5, 0.6) is 5.75 Å². The van der Waals surface area contributed by atoms with Gasteiger partial charge in [0.2, 0.25) is 5.91 Å². The van der Waals surface area contributed by atoms with Crippen LogP contribution in [-0.4, -0.2) is 47.9 Å². The van der Waals surface area contributed by atoms with Gasteiger partial charge in [-0.25, -0.2) is 4.79 Å². The van der Waals surface area contributed by atoms with E-state index in [1.54, 1.807) is 23.8 Å². The first-order valence-corrected chi connectivity index (χ1v) is 14.7. The fraction of sp³-hybridized carbons (Fsp3) is 0.250. The Bertz CT molecular complexity index is 1470. The second-order valence-electron chi connectivity index (χ2n) is 9.66. The molecule has 0 bridgehead atoms. The van der Waals surface area contributed by atoms with E-state index in [2.05, 4.69) is 16.8 Å². The minimum atomic E-state index is -0.363. The molecule has 0 aliphatic carbocycles. The highest BCUT2D eigenvalue weighted by molar-refractivity contribution is 7.98. The number of nitrogens with zero attached hydrogens (tertiary/aromatic N) is 3. The van der Waals surface area contributed by atoms with E-state index >= 15 is 0 Å². The molecule has 0 saturated heterocycles. The van der Waals surface area contributed by atoms with Gasteiger partial charge in [0.15, 0.2) is 0 Å². The van der Waals surface area contributed by atoms with Gasteiger partial charge in [0.1, 0.15) is 18.3 Å². The zero-order valence-corrected chi connectivity index (χ0v) is 23.9. The third-order valence-corrected chi connectivity index (χ3v) is 7.90. The topological polar surface area (TPSA) is 66.8 Å². The van der Waals surface area contributed by atoms with Crippen molar-refractivity contribution in [3.8, 4) is 11.4 Å². The molecule has 7 nitrogen and oxygen atoms in total. The van der Waals surface area contributed by atoms with E-state index in [-0.39, 0.29) is 24.5 Å². The SMILES string of the molecule is CCCCN(CC(=O)N1c2ccccc2-n2cccc2C1c1ccc(OC)cc1)C(=O)Nc1ccc(SC)cc1. The highest BCUT2D eigenvalue weighted by Crippen LogP contribution is 2.42. The van der Waals surface area contributed by atoms with E-state index in [1.807, 2.05) is 102 Å². The van der Waals surface area contributed by atoms with Crippen molar-refractivity contribution in [3.05, 3.63) is 102 Å². The molecular formula is C32H34N4O3S. The number of urea groups is 1. The molecule has 8 heteroatoms. The second kappa shape index (κ2) is 12.3. The maximum atomic E-state index is 14.3. The van der Waals surface area contributed by atoms with Crippen LogP contribution in [0.2, 0.25) is 0 Å². The largest absolute Gasteiger partial charge is 0.497 e. The number of anilines is 2. The molecule has 2 heterocycles. The average molecular weight is 555 g/mol. The smallest absolute Gasteiger partial charge is 0.322 e. The minimum Gasteiger partial charge on any atom is -0.497 e. The molecule has 5 rings (SSSR count). The predicted octanol–water partition coefficient (Wildman–Crippen LogP) is 6.98. The van der Waals surface area contributed by atoms with Gasteiger partial charge in [-0.15, -0.1) is 11.8 Å². The molecule has 1 unspecified atom stereocenters. The molecule has 0 radical (unpaired) electrons. The number of thioether (sulfide) groups is 1. The first kappa shape index (κ1) is 27.4. The second-order valence-corrected chi connectivity index (χ2v) is 10.5. The summed E-state index contributed by atoms with van der Waals surface area (Å²) in [4.78, 5) is 32.3. The number of para-hydroxylation sites is 2. The van der Waals surface area contributed by atoms with Crippen molar-refractivity contribution in [1.29, 1.82) is 0 Å². The lowest BCUT2D eigenvalue weighted by Crippen LogP contribution is -2.48. The average Bonchev–Trinajstić information content (AvgIpc) is 3.49. The lowest BCUT2D eigenvalue weighted by molar-refractivity contribution is -0.119. The van der Waals surface area contributed by atoms with Crippen LogP contribution in [0, 0.1) is 0 Å². The van der Waals surface area contributed by atoms with E-state index in [0.29, 0.717) is 12.2 Å². The monoisotopic (exact) mass is 554 g/mol. The molecule has 0 spiro atoms. The Hall–Kier alpha value is -4.17. The Morgan fingerprint density at radius 3 is 2.35 bits per heavy atom. The van der Waals surface area contributed by atoms with Gasteiger partial charge >= 0.3 is 6.03 Å². The summed E-state index contributed by atoms with van der Waals surface area (Å²) in [6.07, 6.45) is 5.75. The van der Waals surface area contributed by atoms with Crippen LogP contribution in [0.3, 0.4) is 0 Å². The summed E-state index contributed by atoms with van der Waals surface area (Å²) in [7, 11) is 1.64. The van der Waals surface area contributed by atoms with Crippen LogP contribution < -0.4 is 15.0 Å². The molecule has 4 aromatic rings. The number of fused-ring (bicyclic) bond motifs is 3. The summed E-state index contributed by atoms with van der Waals surface area (Å²) in [5.74, 6) is 0.603. The molecule has 1 N–H and O–H groups in total. The lowest BCUT2D eigenvalue weighted by Gasteiger charge is -2.39. The number of aromatic nitrogens is 1. The molecule has 1 aromatic heterocycles. The van der Waals surface area contributed by atoms with Crippen LogP contribution in [0.15, 0.2) is 96.0 Å². The van der Waals surface area contributed by atoms with Crippen LogP contribution in [0.25, 0.3) is 5.69 Å². The first-order chi connectivity index (χ1) is 19.5. The molecule has 0 saturated carbocycles. The Morgan fingerprint density at radius 1 is 0.950 bits per heavy atom. The zero-order chi connectivity index (χ0) is 28.1. The Balaban J connectivity index is 1.48. The Kier molecular flexibility index (Phi) is 8.45. The molecule has 3 amide bonds. The summed E-state index contributed by atoms with van der Waals surface area (Å²) < 4.78 is 7.51. The third-order valence-electron chi connectivity index (χ3n) is 7.16. The van der Waals surface area contributed by atoms with Crippen molar-refractivity contribution in [1.82, 2.24) is 9.47 Å². The van der Waals surface area contributed by atoms with Crippen LogP contribution >= 0.6 is 11.8 Å². The number of hydrogen-bond acceptors (Lipinski definition) is 4. The molecule has 1 aliphatic rings. The molecule has 206 valence electrons. The predicted molar refractivity (Wildman–Crippen MR) is 162 cm³/mol. The molecule has 0 fully saturated rings. The summed E-state index contributed by atoms with van der Waals surface area (Å²) in [5.41, 5.74) is 4.38. The zero-order valence-electron chi connectivity index (χ0n) is 23.0. The van der Waals surface area contributed by atoms with Gasteiger partial charge in [-0.2, -0.15) is 0 Å². The van der Waals surface area contributed by atoms with Crippen molar-refractivity contribution >= 4 is 35.1 Å². The van der Waals surface area contributed by atoms with E-state index < -0.39 is 0 Å². The Morgan fingerprint density at radius 2 is 1.68 bits per heavy atom. The number of methoxy groups -OCH3 is 1. The standard InChI is InChI=1S/C32H34N4O3S/c1-4-5-20-34(32(38)33-24-14-18-26(40-3)19-15-24)22-30(37)36-28-10-7-6-9-27(28)35-21-8-11-29(35)31(36)23-12-16-25(39-2)17-13-23/h6-19,21,31H,4-5,20,22H2,1-3H3,(H,33,38). The van der Waals surface area contributed by atoms with Gasteiger partial charge in [0.05, 0.1) is 24.2 Å². The van der Waals surface area contributed by atoms with Gasteiger partial charge in [-0.1, -0.05) is 37.6 Å². The summed E-state index contributed by atoms with van der Waals surface area (Å²) in [6, 6.07) is 26.8. The van der Waals surface area contributed by atoms with Gasteiger partial charge in [-0.05, 0) is 78.9 Å². The van der Waals surface area contributed by atoms with Crippen molar-refractivity contribution in [2.24, 2.45) is 0 Å². The van der Waals surface area contributed by atoms with Crippen molar-refractivity contribution in [2.45, 2.75) is 30.7 Å². The van der Waals surface area contributed by atoms with Gasteiger partial charge in [0.25, 0.3) is 0 Å². The lowest BCUT2D eigenvalue weighted by atomic mass is 9.97. The molecule has 1 aliphatic heterocycles.